The summed E-state index contributed by atoms with van der Waals surface area (Å²) in [5.74, 6) is -1.35. The predicted molar refractivity (Wildman–Crippen MR) is 104 cm³/mol. The van der Waals surface area contributed by atoms with Gasteiger partial charge in [-0.2, -0.15) is 0 Å². The molecule has 0 rings (SSSR count). The van der Waals surface area contributed by atoms with Gasteiger partial charge in [-0.25, -0.2) is 0 Å². The zero-order valence-corrected chi connectivity index (χ0v) is 17.7. The summed E-state index contributed by atoms with van der Waals surface area (Å²) in [5, 5.41) is 0. The molecule has 0 fully saturated rings. The first-order valence-corrected chi connectivity index (χ1v) is 10.3. The number of hydrogen-bond acceptors (Lipinski definition) is 8. The average Bonchev–Trinajstić information content (AvgIpc) is 2.70. The monoisotopic (exact) mass is 406 g/mol. The highest BCUT2D eigenvalue weighted by molar-refractivity contribution is 5.79. The highest BCUT2D eigenvalue weighted by Gasteiger charge is 2.22. The molecule has 28 heavy (non-hydrogen) atoms. The van der Waals surface area contributed by atoms with Crippen molar-refractivity contribution in [2.45, 2.75) is 46.5 Å². The van der Waals surface area contributed by atoms with Crippen molar-refractivity contribution in [1.29, 1.82) is 0 Å². The second kappa shape index (κ2) is 20.5. The van der Waals surface area contributed by atoms with E-state index >= 15 is 0 Å². The minimum atomic E-state index is -0.510. The molecule has 0 aliphatic rings. The lowest BCUT2D eigenvalue weighted by Gasteiger charge is -2.14. The van der Waals surface area contributed by atoms with Crippen molar-refractivity contribution in [2.24, 2.45) is 5.92 Å². The van der Waals surface area contributed by atoms with Gasteiger partial charge >= 0.3 is 11.9 Å². The first-order chi connectivity index (χ1) is 13.7. The summed E-state index contributed by atoms with van der Waals surface area (Å²) in [6.07, 6.45) is 2.45. The van der Waals surface area contributed by atoms with E-state index in [1.807, 2.05) is 20.8 Å². The molecule has 0 aliphatic carbocycles. The Morgan fingerprint density at radius 3 is 1.50 bits per heavy atom. The van der Waals surface area contributed by atoms with Crippen LogP contribution in [-0.2, 0) is 38.0 Å². The number of esters is 2. The van der Waals surface area contributed by atoms with Gasteiger partial charge in [0.2, 0.25) is 0 Å². The van der Waals surface area contributed by atoms with Crippen LogP contribution in [0.25, 0.3) is 0 Å². The smallest absolute Gasteiger partial charge is 0.309 e. The fourth-order valence-electron chi connectivity index (χ4n) is 2.12. The van der Waals surface area contributed by atoms with Crippen LogP contribution in [0.3, 0.4) is 0 Å². The van der Waals surface area contributed by atoms with Crippen molar-refractivity contribution in [3.8, 4) is 0 Å². The third-order valence-electron chi connectivity index (χ3n) is 3.64. The molecule has 0 heterocycles. The second-order valence-corrected chi connectivity index (χ2v) is 6.15. The Hall–Kier alpha value is -1.22. The fraction of sp³-hybridized carbons (Fsp3) is 0.900. The topological polar surface area (TPSA) is 89.5 Å². The summed E-state index contributed by atoms with van der Waals surface area (Å²) >= 11 is 0. The zero-order valence-electron chi connectivity index (χ0n) is 17.7. The van der Waals surface area contributed by atoms with Crippen LogP contribution in [0.4, 0.5) is 0 Å². The zero-order chi connectivity index (χ0) is 20.9. The third-order valence-corrected chi connectivity index (χ3v) is 3.64. The molecule has 0 aromatic rings. The molecule has 0 aromatic heterocycles. The Morgan fingerprint density at radius 2 is 1.04 bits per heavy atom. The van der Waals surface area contributed by atoms with Gasteiger partial charge in [0.05, 0.1) is 52.0 Å². The summed E-state index contributed by atoms with van der Waals surface area (Å²) in [6.45, 7) is 10.3. The number of carbonyl (C=O) groups excluding carboxylic acids is 2. The van der Waals surface area contributed by atoms with Crippen LogP contribution < -0.4 is 0 Å². The summed E-state index contributed by atoms with van der Waals surface area (Å²) in [5.41, 5.74) is 0. The molecule has 0 saturated heterocycles. The second-order valence-electron chi connectivity index (χ2n) is 6.15. The lowest BCUT2D eigenvalue weighted by Crippen LogP contribution is -2.24. The Bertz CT molecular complexity index is 375. The summed E-state index contributed by atoms with van der Waals surface area (Å²) in [7, 11) is 0. The van der Waals surface area contributed by atoms with E-state index in [4.69, 9.17) is 28.4 Å². The Kier molecular flexibility index (Phi) is 19.6. The van der Waals surface area contributed by atoms with Crippen molar-refractivity contribution in [3.05, 3.63) is 0 Å². The van der Waals surface area contributed by atoms with E-state index in [0.29, 0.717) is 59.3 Å². The molecule has 166 valence electrons. The van der Waals surface area contributed by atoms with Gasteiger partial charge in [0.15, 0.2) is 0 Å². The van der Waals surface area contributed by atoms with Gasteiger partial charge < -0.3 is 28.4 Å². The molecule has 0 radical (unpaired) electrons. The number of hydrogen-bond donors (Lipinski definition) is 0. The van der Waals surface area contributed by atoms with Crippen LogP contribution in [0.2, 0.25) is 0 Å². The minimum absolute atomic E-state index is 0.000654. The van der Waals surface area contributed by atoms with Crippen LogP contribution >= 0.6 is 0 Å². The molecule has 1 atom stereocenters. The van der Waals surface area contributed by atoms with Crippen LogP contribution in [0, 0.1) is 5.92 Å². The molecule has 0 aromatic carbocycles. The van der Waals surface area contributed by atoms with Crippen LogP contribution in [0.5, 0.6) is 0 Å². The number of carbonyl (C=O) groups is 2. The predicted octanol–water partition coefficient (Wildman–Crippen LogP) is 2.38. The maximum atomic E-state index is 12.0. The van der Waals surface area contributed by atoms with Crippen molar-refractivity contribution >= 4 is 11.9 Å². The normalized spacial score (nSPS) is 12.0. The highest BCUT2D eigenvalue weighted by atomic mass is 16.6. The van der Waals surface area contributed by atoms with E-state index in [1.54, 1.807) is 0 Å². The summed E-state index contributed by atoms with van der Waals surface area (Å²) in [4.78, 5) is 23.9. The van der Waals surface area contributed by atoms with Crippen LogP contribution in [0.15, 0.2) is 0 Å². The van der Waals surface area contributed by atoms with Crippen molar-refractivity contribution in [3.63, 3.8) is 0 Å². The van der Waals surface area contributed by atoms with E-state index in [-0.39, 0.29) is 19.6 Å². The third kappa shape index (κ3) is 16.9. The summed E-state index contributed by atoms with van der Waals surface area (Å²) in [6, 6.07) is 0. The molecule has 0 N–H and O–H groups in total. The Balaban J connectivity index is 3.69. The first-order valence-electron chi connectivity index (χ1n) is 10.3. The number of ether oxygens (including phenoxy) is 6. The lowest BCUT2D eigenvalue weighted by atomic mass is 10.0. The maximum Gasteiger partial charge on any atom is 0.309 e. The van der Waals surface area contributed by atoms with Gasteiger partial charge in [-0.3, -0.25) is 9.59 Å². The highest BCUT2D eigenvalue weighted by Crippen LogP contribution is 2.11. The van der Waals surface area contributed by atoms with Crippen LogP contribution in [0.1, 0.15) is 46.5 Å². The van der Waals surface area contributed by atoms with Gasteiger partial charge in [0.25, 0.3) is 0 Å². The minimum Gasteiger partial charge on any atom is -0.463 e. The van der Waals surface area contributed by atoms with Crippen LogP contribution in [-0.4, -0.2) is 78.0 Å². The van der Waals surface area contributed by atoms with E-state index in [9.17, 15) is 9.59 Å². The molecule has 8 heteroatoms. The Labute approximate surface area is 169 Å². The van der Waals surface area contributed by atoms with E-state index in [0.717, 1.165) is 12.8 Å². The van der Waals surface area contributed by atoms with Crippen molar-refractivity contribution in [2.75, 3.05) is 66.1 Å². The molecule has 0 spiro atoms. The fourth-order valence-corrected chi connectivity index (χ4v) is 2.12. The van der Waals surface area contributed by atoms with Crippen molar-refractivity contribution in [1.82, 2.24) is 0 Å². The first kappa shape index (κ1) is 26.8. The molecular formula is C20H38O8. The summed E-state index contributed by atoms with van der Waals surface area (Å²) < 4.78 is 31.4. The molecule has 0 aliphatic heterocycles. The van der Waals surface area contributed by atoms with E-state index in [1.165, 1.54) is 0 Å². The SMILES string of the molecule is CCCOCCOCCOC(=O)CC(CC)C(=O)OCCOCCOCCC. The molecule has 0 amide bonds. The van der Waals surface area contributed by atoms with Gasteiger partial charge in [0, 0.05) is 13.2 Å². The van der Waals surface area contributed by atoms with E-state index in [2.05, 4.69) is 0 Å². The van der Waals surface area contributed by atoms with Crippen molar-refractivity contribution < 1.29 is 38.0 Å². The number of rotatable bonds is 20. The van der Waals surface area contributed by atoms with Gasteiger partial charge in [-0.05, 0) is 19.3 Å². The lowest BCUT2D eigenvalue weighted by molar-refractivity contribution is -0.157. The molecule has 0 bridgehead atoms. The maximum absolute atomic E-state index is 12.0. The molecule has 0 saturated carbocycles. The quantitative estimate of drug-likeness (QED) is 0.225. The standard InChI is InChI=1S/C20H38O8/c1-4-7-23-9-11-25-13-15-27-19(21)17-18(6-3)20(22)28-16-14-26-12-10-24-8-5-2/h18H,4-17H2,1-3H3. The van der Waals surface area contributed by atoms with E-state index < -0.39 is 17.9 Å². The molecule has 8 nitrogen and oxygen atoms in total. The molecular weight excluding hydrogens is 368 g/mol. The average molecular weight is 407 g/mol. The van der Waals surface area contributed by atoms with Gasteiger partial charge in [-0.1, -0.05) is 20.8 Å². The van der Waals surface area contributed by atoms with Gasteiger partial charge in [-0.15, -0.1) is 0 Å². The Morgan fingerprint density at radius 1 is 0.607 bits per heavy atom. The van der Waals surface area contributed by atoms with Gasteiger partial charge in [0.1, 0.15) is 13.2 Å². The largest absolute Gasteiger partial charge is 0.463 e. The molecule has 1 unspecified atom stereocenters.